The van der Waals surface area contributed by atoms with Crippen LogP contribution < -0.4 is 14.8 Å². The van der Waals surface area contributed by atoms with E-state index in [1.165, 1.54) is 24.3 Å². The second kappa shape index (κ2) is 8.70. The van der Waals surface area contributed by atoms with Gasteiger partial charge in [0.05, 0.1) is 16.6 Å². The lowest BCUT2D eigenvalue weighted by atomic mass is 10.0. The Morgan fingerprint density at radius 1 is 0.875 bits per heavy atom. The number of nitrogens with one attached hydrogen (secondary N) is 2. The van der Waals surface area contributed by atoms with Crippen LogP contribution >= 0.6 is 0 Å². The molecular formula is C22H18F4N2O3S. The van der Waals surface area contributed by atoms with Crippen molar-refractivity contribution in [1.29, 1.82) is 0 Å². The number of hydrogen-bond acceptors (Lipinski definition) is 4. The van der Waals surface area contributed by atoms with Gasteiger partial charge in [-0.15, -0.1) is 0 Å². The maximum atomic E-state index is 14.8. The van der Waals surface area contributed by atoms with Crippen molar-refractivity contribution in [2.24, 2.45) is 0 Å². The van der Waals surface area contributed by atoms with Crippen LogP contribution in [0.2, 0.25) is 0 Å². The first-order valence-electron chi connectivity index (χ1n) is 9.64. The van der Waals surface area contributed by atoms with E-state index in [9.17, 15) is 26.0 Å². The molecule has 1 fully saturated rings. The van der Waals surface area contributed by atoms with Crippen molar-refractivity contribution in [2.45, 2.75) is 18.1 Å². The van der Waals surface area contributed by atoms with E-state index in [0.717, 1.165) is 12.1 Å². The van der Waals surface area contributed by atoms with Crippen LogP contribution in [0.5, 0.6) is 5.75 Å². The molecule has 0 amide bonds. The maximum Gasteiger partial charge on any atom is 0.235 e. The van der Waals surface area contributed by atoms with E-state index >= 15 is 0 Å². The van der Waals surface area contributed by atoms with Crippen LogP contribution in [0.15, 0.2) is 54.6 Å². The first-order chi connectivity index (χ1) is 15.3. The molecule has 1 aliphatic rings. The minimum atomic E-state index is -3.75. The largest absolute Gasteiger partial charge is 0.463 e. The summed E-state index contributed by atoms with van der Waals surface area (Å²) >= 11 is 0. The molecule has 10 heteroatoms. The summed E-state index contributed by atoms with van der Waals surface area (Å²) in [4.78, 5) is 0. The van der Waals surface area contributed by atoms with Crippen LogP contribution in [0.4, 0.5) is 34.6 Å². The van der Waals surface area contributed by atoms with Crippen LogP contribution in [0, 0.1) is 17.5 Å². The van der Waals surface area contributed by atoms with Gasteiger partial charge in [0.15, 0.2) is 11.6 Å². The number of anilines is 3. The van der Waals surface area contributed by atoms with Crippen molar-refractivity contribution in [3.63, 3.8) is 0 Å². The Balaban J connectivity index is 1.62. The Kier molecular flexibility index (Phi) is 5.96. The van der Waals surface area contributed by atoms with Gasteiger partial charge in [-0.2, -0.15) is 0 Å². The first-order valence-corrected chi connectivity index (χ1v) is 11.2. The maximum absolute atomic E-state index is 14.8. The van der Waals surface area contributed by atoms with Gasteiger partial charge < -0.3 is 10.1 Å². The Morgan fingerprint density at radius 3 is 2.16 bits per heavy atom. The average molecular weight is 466 g/mol. The molecule has 1 saturated carbocycles. The molecule has 32 heavy (non-hydrogen) atoms. The van der Waals surface area contributed by atoms with Gasteiger partial charge in [-0.3, -0.25) is 4.72 Å². The third-order valence-electron chi connectivity index (χ3n) is 4.95. The Morgan fingerprint density at radius 2 is 1.53 bits per heavy atom. The minimum Gasteiger partial charge on any atom is -0.463 e. The number of ether oxygens (including phenoxy) is 1. The number of halogens is 4. The number of alkyl halides is 1. The van der Waals surface area contributed by atoms with Gasteiger partial charge in [0.25, 0.3) is 0 Å². The lowest BCUT2D eigenvalue weighted by Crippen LogP contribution is -2.18. The first kappa shape index (κ1) is 21.9. The molecule has 3 aromatic carbocycles. The monoisotopic (exact) mass is 466 g/mol. The fraction of sp³-hybridized carbons (Fsp3) is 0.182. The second-order valence-electron chi connectivity index (χ2n) is 7.23. The quantitative estimate of drug-likeness (QED) is 0.417. The predicted molar refractivity (Wildman–Crippen MR) is 114 cm³/mol. The highest BCUT2D eigenvalue weighted by molar-refractivity contribution is 7.93. The fourth-order valence-corrected chi connectivity index (χ4v) is 4.51. The van der Waals surface area contributed by atoms with Gasteiger partial charge in [0.2, 0.25) is 16.9 Å². The zero-order valence-electron chi connectivity index (χ0n) is 16.5. The lowest BCUT2D eigenvalue weighted by molar-refractivity contribution is 0.192. The summed E-state index contributed by atoms with van der Waals surface area (Å²) < 4.78 is 86.8. The van der Waals surface area contributed by atoms with Crippen LogP contribution in [0.25, 0.3) is 11.1 Å². The molecule has 3 aromatic rings. The SMILES string of the molecule is O=S(=O)(Nc1ccc(F)c(F)c1Nc1ccc(-c2ccc(OCF)cc2)cc1F)C1CC1. The van der Waals surface area contributed by atoms with Gasteiger partial charge in [-0.05, 0) is 60.4 Å². The molecule has 0 unspecified atom stereocenters. The van der Waals surface area contributed by atoms with Crippen molar-refractivity contribution >= 4 is 27.1 Å². The predicted octanol–water partition coefficient (Wildman–Crippen LogP) is 5.72. The summed E-state index contributed by atoms with van der Waals surface area (Å²) in [7, 11) is -3.75. The standard InChI is InChI=1S/C22H18F4N2O3S/c23-12-31-15-4-1-13(2-5-15)14-3-9-19(18(25)11-14)27-22-20(10-8-17(24)21(22)26)28-32(29,30)16-6-7-16/h1-5,8-11,16,27-28H,6-7,12H2. The molecule has 0 aromatic heterocycles. The molecule has 0 saturated heterocycles. The Hall–Kier alpha value is -3.27. The summed E-state index contributed by atoms with van der Waals surface area (Å²) in [6.07, 6.45) is 0.970. The minimum absolute atomic E-state index is 0.178. The third kappa shape index (κ3) is 4.64. The van der Waals surface area contributed by atoms with Crippen LogP contribution in [-0.4, -0.2) is 20.5 Å². The molecule has 0 spiro atoms. The Labute approximate surface area is 182 Å². The van der Waals surface area contributed by atoms with Gasteiger partial charge >= 0.3 is 0 Å². The van der Waals surface area contributed by atoms with E-state index < -0.39 is 45.3 Å². The number of benzene rings is 3. The van der Waals surface area contributed by atoms with Gasteiger partial charge in [0.1, 0.15) is 17.3 Å². The van der Waals surface area contributed by atoms with E-state index in [2.05, 4.69) is 10.0 Å². The van der Waals surface area contributed by atoms with E-state index in [4.69, 9.17) is 4.74 Å². The van der Waals surface area contributed by atoms with E-state index in [-0.39, 0.29) is 11.4 Å². The highest BCUT2D eigenvalue weighted by atomic mass is 32.2. The number of hydrogen-bond donors (Lipinski definition) is 2. The van der Waals surface area contributed by atoms with Crippen LogP contribution in [-0.2, 0) is 10.0 Å². The molecule has 0 heterocycles. The third-order valence-corrected chi connectivity index (χ3v) is 6.80. The summed E-state index contributed by atoms with van der Waals surface area (Å²) in [6.45, 7) is -0.968. The van der Waals surface area contributed by atoms with E-state index in [1.807, 2.05) is 0 Å². The van der Waals surface area contributed by atoms with E-state index in [0.29, 0.717) is 29.7 Å². The highest BCUT2D eigenvalue weighted by Gasteiger charge is 2.36. The number of rotatable bonds is 8. The summed E-state index contributed by atoms with van der Waals surface area (Å²) in [5.41, 5.74) is 0.185. The molecule has 168 valence electrons. The fourth-order valence-electron chi connectivity index (χ4n) is 3.11. The van der Waals surface area contributed by atoms with Crippen molar-refractivity contribution in [1.82, 2.24) is 0 Å². The average Bonchev–Trinajstić information content (AvgIpc) is 3.61. The van der Waals surface area contributed by atoms with Crippen molar-refractivity contribution < 1.29 is 30.7 Å². The molecule has 0 bridgehead atoms. The zero-order chi connectivity index (χ0) is 22.9. The Bertz CT molecular complexity index is 1250. The molecular weight excluding hydrogens is 448 g/mol. The van der Waals surface area contributed by atoms with Crippen molar-refractivity contribution in [3.05, 3.63) is 72.0 Å². The topological polar surface area (TPSA) is 67.4 Å². The molecule has 1 aliphatic carbocycles. The second-order valence-corrected chi connectivity index (χ2v) is 9.19. The normalized spacial score (nSPS) is 13.6. The summed E-state index contributed by atoms with van der Waals surface area (Å²) in [5, 5.41) is 1.88. The summed E-state index contributed by atoms with van der Waals surface area (Å²) in [5.74, 6) is -3.01. The molecule has 0 radical (unpaired) electrons. The van der Waals surface area contributed by atoms with Gasteiger partial charge in [-0.1, -0.05) is 18.2 Å². The van der Waals surface area contributed by atoms with Crippen molar-refractivity contribution in [2.75, 3.05) is 16.9 Å². The molecule has 5 nitrogen and oxygen atoms in total. The van der Waals surface area contributed by atoms with Crippen molar-refractivity contribution in [3.8, 4) is 16.9 Å². The van der Waals surface area contributed by atoms with Crippen LogP contribution in [0.3, 0.4) is 0 Å². The molecule has 2 N–H and O–H groups in total. The summed E-state index contributed by atoms with van der Waals surface area (Å²) in [6, 6.07) is 12.2. The molecule has 0 atom stereocenters. The lowest BCUT2D eigenvalue weighted by Gasteiger charge is -2.16. The number of sulfonamides is 1. The smallest absolute Gasteiger partial charge is 0.235 e. The van der Waals surface area contributed by atoms with E-state index in [1.54, 1.807) is 18.2 Å². The van der Waals surface area contributed by atoms with Gasteiger partial charge in [-0.25, -0.2) is 26.0 Å². The van der Waals surface area contributed by atoms with Gasteiger partial charge in [0, 0.05) is 0 Å². The molecule has 4 rings (SSSR count). The van der Waals surface area contributed by atoms with Crippen LogP contribution in [0.1, 0.15) is 12.8 Å². The molecule has 0 aliphatic heterocycles. The zero-order valence-corrected chi connectivity index (χ0v) is 17.4. The highest BCUT2D eigenvalue weighted by Crippen LogP contribution is 2.36.